The van der Waals surface area contributed by atoms with Gasteiger partial charge in [0, 0.05) is 11.3 Å². The average Bonchev–Trinajstić information content (AvgIpc) is 3.23. The number of aryl methyl sites for hydroxylation is 1. The van der Waals surface area contributed by atoms with Crippen molar-refractivity contribution in [2.75, 3.05) is 19.8 Å². The Morgan fingerprint density at radius 3 is 1.94 bits per heavy atom. The topological polar surface area (TPSA) is 93.1 Å². The van der Waals surface area contributed by atoms with Gasteiger partial charge < -0.3 is 19.7 Å². The van der Waals surface area contributed by atoms with Gasteiger partial charge >= 0.3 is 0 Å². The number of sulfone groups is 1. The number of benzene rings is 3. The zero-order valence-corrected chi connectivity index (χ0v) is 21.3. The second-order valence-electron chi connectivity index (χ2n) is 9.65. The standard InChI is InChI=1S/C29H34O6S/c1-22-12-14-25(15-13-22)36(32,33)27-16-29(20-30,21-31)26(19-34-17-23-8-4-2-5-9-23)28(27)35-18-24-10-6-3-7-11-24/h2-15,26-28,30-31H,16-21H2,1H3/t26-,27+,28+/m0/s1. The highest BCUT2D eigenvalue weighted by Crippen LogP contribution is 2.48. The highest BCUT2D eigenvalue weighted by Gasteiger charge is 2.58. The first-order chi connectivity index (χ1) is 17.4. The fraction of sp³-hybridized carbons (Fsp3) is 0.379. The van der Waals surface area contributed by atoms with Crippen LogP contribution in [0.25, 0.3) is 0 Å². The largest absolute Gasteiger partial charge is 0.396 e. The SMILES string of the molecule is Cc1ccc(S(=O)(=O)[C@@H]2CC(CO)(CO)[C@@H](COCc3ccccc3)[C@H]2OCc2ccccc2)cc1. The van der Waals surface area contributed by atoms with E-state index in [0.717, 1.165) is 16.7 Å². The molecule has 1 fully saturated rings. The molecule has 1 aliphatic rings. The third-order valence-electron chi connectivity index (χ3n) is 7.23. The molecule has 7 heteroatoms. The number of hydrogen-bond donors (Lipinski definition) is 2. The molecule has 4 rings (SSSR count). The van der Waals surface area contributed by atoms with E-state index in [0.29, 0.717) is 6.61 Å². The van der Waals surface area contributed by atoms with Crippen LogP contribution in [0.3, 0.4) is 0 Å². The molecule has 0 heterocycles. The molecule has 192 valence electrons. The fourth-order valence-electron chi connectivity index (χ4n) is 5.02. The predicted octanol–water partition coefficient (Wildman–Crippen LogP) is 3.93. The lowest BCUT2D eigenvalue weighted by Gasteiger charge is -2.34. The summed E-state index contributed by atoms with van der Waals surface area (Å²) in [5, 5.41) is 19.9. The van der Waals surface area contributed by atoms with Crippen molar-refractivity contribution in [3.05, 3.63) is 102 Å². The molecule has 0 aromatic heterocycles. The molecule has 0 spiro atoms. The van der Waals surface area contributed by atoms with Crippen LogP contribution in [-0.2, 0) is 32.5 Å². The quantitative estimate of drug-likeness (QED) is 0.406. The smallest absolute Gasteiger partial charge is 0.183 e. The van der Waals surface area contributed by atoms with E-state index in [2.05, 4.69) is 0 Å². The van der Waals surface area contributed by atoms with E-state index in [1.165, 1.54) is 0 Å². The van der Waals surface area contributed by atoms with Crippen LogP contribution in [0.5, 0.6) is 0 Å². The van der Waals surface area contributed by atoms with Crippen molar-refractivity contribution in [1.82, 2.24) is 0 Å². The van der Waals surface area contributed by atoms with Gasteiger partial charge in [-0.3, -0.25) is 0 Å². The van der Waals surface area contributed by atoms with Crippen LogP contribution in [0.2, 0.25) is 0 Å². The van der Waals surface area contributed by atoms with Crippen LogP contribution in [-0.4, -0.2) is 49.8 Å². The van der Waals surface area contributed by atoms with Crippen molar-refractivity contribution in [2.45, 2.75) is 42.8 Å². The molecule has 2 N–H and O–H groups in total. The molecular formula is C29H34O6S. The predicted molar refractivity (Wildman–Crippen MR) is 138 cm³/mol. The van der Waals surface area contributed by atoms with E-state index in [1.54, 1.807) is 24.3 Å². The molecule has 3 atom stereocenters. The van der Waals surface area contributed by atoms with Crippen LogP contribution in [0.15, 0.2) is 89.8 Å². The van der Waals surface area contributed by atoms with E-state index in [4.69, 9.17) is 9.47 Å². The number of rotatable bonds is 11. The lowest BCUT2D eigenvalue weighted by atomic mass is 9.79. The van der Waals surface area contributed by atoms with Crippen molar-refractivity contribution in [2.24, 2.45) is 11.3 Å². The van der Waals surface area contributed by atoms with Gasteiger partial charge in [-0.15, -0.1) is 0 Å². The van der Waals surface area contributed by atoms with Crippen LogP contribution in [0.4, 0.5) is 0 Å². The summed E-state index contributed by atoms with van der Waals surface area (Å²) in [6.45, 7) is 1.87. The zero-order valence-electron chi connectivity index (χ0n) is 20.5. The first-order valence-electron chi connectivity index (χ1n) is 12.2. The van der Waals surface area contributed by atoms with Gasteiger partial charge in [0.05, 0.1) is 49.3 Å². The van der Waals surface area contributed by atoms with Crippen LogP contribution in [0, 0.1) is 18.3 Å². The van der Waals surface area contributed by atoms with Gasteiger partial charge in [-0.2, -0.15) is 0 Å². The number of hydrogen-bond acceptors (Lipinski definition) is 6. The van der Waals surface area contributed by atoms with Gasteiger partial charge in [0.1, 0.15) is 0 Å². The van der Waals surface area contributed by atoms with Gasteiger partial charge in [0.25, 0.3) is 0 Å². The van der Waals surface area contributed by atoms with Crippen LogP contribution >= 0.6 is 0 Å². The van der Waals surface area contributed by atoms with Gasteiger partial charge in [-0.05, 0) is 36.6 Å². The average molecular weight is 511 g/mol. The Labute approximate surface area is 213 Å². The zero-order chi connectivity index (χ0) is 25.6. The second-order valence-corrected chi connectivity index (χ2v) is 11.8. The number of aliphatic hydroxyl groups is 2. The summed E-state index contributed by atoms with van der Waals surface area (Å²) in [5.74, 6) is -0.523. The summed E-state index contributed by atoms with van der Waals surface area (Å²) < 4.78 is 40.0. The minimum atomic E-state index is -3.81. The molecule has 0 unspecified atom stereocenters. The molecule has 1 aliphatic carbocycles. The minimum Gasteiger partial charge on any atom is -0.396 e. The van der Waals surface area contributed by atoms with E-state index in [-0.39, 0.29) is 37.7 Å². The van der Waals surface area contributed by atoms with Crippen molar-refractivity contribution in [3.63, 3.8) is 0 Å². The number of ether oxygens (including phenoxy) is 2. The van der Waals surface area contributed by atoms with Crippen LogP contribution < -0.4 is 0 Å². The maximum absolute atomic E-state index is 13.8. The monoisotopic (exact) mass is 510 g/mol. The lowest BCUT2D eigenvalue weighted by molar-refractivity contribution is -0.0762. The van der Waals surface area contributed by atoms with Gasteiger partial charge in [0.2, 0.25) is 0 Å². The second kappa shape index (κ2) is 11.7. The van der Waals surface area contributed by atoms with E-state index < -0.39 is 32.5 Å². The van der Waals surface area contributed by atoms with Gasteiger partial charge in [-0.25, -0.2) is 8.42 Å². The third-order valence-corrected chi connectivity index (χ3v) is 9.39. The number of aliphatic hydroxyl groups excluding tert-OH is 2. The van der Waals surface area contributed by atoms with E-state index >= 15 is 0 Å². The first kappa shape index (κ1) is 26.5. The molecule has 3 aromatic carbocycles. The lowest BCUT2D eigenvalue weighted by Crippen LogP contribution is -2.41. The highest BCUT2D eigenvalue weighted by atomic mass is 32.2. The van der Waals surface area contributed by atoms with E-state index in [1.807, 2.05) is 67.6 Å². The summed E-state index contributed by atoms with van der Waals surface area (Å²) in [6, 6.07) is 26.0. The first-order valence-corrected chi connectivity index (χ1v) is 13.7. The minimum absolute atomic E-state index is 0.0784. The van der Waals surface area contributed by atoms with E-state index in [9.17, 15) is 18.6 Å². The normalized spacial score (nSPS) is 21.5. The Morgan fingerprint density at radius 1 is 0.833 bits per heavy atom. The van der Waals surface area contributed by atoms with Crippen molar-refractivity contribution >= 4 is 9.84 Å². The Kier molecular flexibility index (Phi) is 8.59. The fourth-order valence-corrected chi connectivity index (χ4v) is 7.06. The summed E-state index contributed by atoms with van der Waals surface area (Å²) in [6.07, 6.45) is -0.693. The summed E-state index contributed by atoms with van der Waals surface area (Å²) in [5.41, 5.74) is 1.81. The molecular weight excluding hydrogens is 476 g/mol. The molecule has 1 saturated carbocycles. The molecule has 36 heavy (non-hydrogen) atoms. The maximum atomic E-state index is 13.8. The molecule has 0 amide bonds. The van der Waals surface area contributed by atoms with Gasteiger partial charge in [-0.1, -0.05) is 78.4 Å². The molecule has 0 aliphatic heterocycles. The highest BCUT2D eigenvalue weighted by molar-refractivity contribution is 7.92. The van der Waals surface area contributed by atoms with Crippen LogP contribution in [0.1, 0.15) is 23.1 Å². The molecule has 3 aromatic rings. The van der Waals surface area contributed by atoms with Crippen molar-refractivity contribution < 1.29 is 28.1 Å². The van der Waals surface area contributed by atoms with Crippen molar-refractivity contribution in [1.29, 1.82) is 0 Å². The summed E-state index contributed by atoms with van der Waals surface area (Å²) >= 11 is 0. The van der Waals surface area contributed by atoms with Crippen molar-refractivity contribution in [3.8, 4) is 0 Å². The van der Waals surface area contributed by atoms with Gasteiger partial charge in [0.15, 0.2) is 9.84 Å². The third kappa shape index (κ3) is 5.71. The Bertz CT molecular complexity index is 1190. The molecule has 0 radical (unpaired) electrons. The summed E-state index contributed by atoms with van der Waals surface area (Å²) in [4.78, 5) is 0.210. The Morgan fingerprint density at radius 2 is 1.39 bits per heavy atom. The molecule has 0 bridgehead atoms. The maximum Gasteiger partial charge on any atom is 0.183 e. The summed E-state index contributed by atoms with van der Waals surface area (Å²) in [7, 11) is -3.81. The Hall–Kier alpha value is -2.55. The Balaban J connectivity index is 1.65. The molecule has 6 nitrogen and oxygen atoms in total. The molecule has 0 saturated heterocycles.